The molecule has 0 aliphatic carbocycles. The SMILES string of the molecule is [AsH2]CCCCc1ccccc1. The summed E-state index contributed by atoms with van der Waals surface area (Å²) in [6.07, 6.45) is 3.99. The standard InChI is InChI=1S/C10H15As/c11-9-5-4-8-10-6-2-1-3-7-10/h1-3,6-7H,4-5,8-9,11H2. The van der Waals surface area contributed by atoms with E-state index in [4.69, 9.17) is 0 Å². The van der Waals surface area contributed by atoms with Crippen molar-refractivity contribution >= 4 is 16.9 Å². The van der Waals surface area contributed by atoms with Crippen molar-refractivity contribution in [3.63, 3.8) is 0 Å². The summed E-state index contributed by atoms with van der Waals surface area (Å²) in [6.45, 7) is 0. The van der Waals surface area contributed by atoms with E-state index < -0.39 is 0 Å². The molecule has 0 saturated carbocycles. The van der Waals surface area contributed by atoms with Crippen molar-refractivity contribution in [3.05, 3.63) is 35.9 Å². The Kier molecular flexibility index (Phi) is 4.38. The Balaban J connectivity index is 2.28. The molecular weight excluding hydrogens is 195 g/mol. The van der Waals surface area contributed by atoms with Gasteiger partial charge in [0, 0.05) is 0 Å². The second-order valence-corrected chi connectivity index (χ2v) is 3.94. The molecule has 0 aliphatic heterocycles. The molecule has 1 atom stereocenters. The van der Waals surface area contributed by atoms with Gasteiger partial charge in [-0.3, -0.25) is 0 Å². The van der Waals surface area contributed by atoms with Crippen molar-refractivity contribution in [3.8, 4) is 0 Å². The van der Waals surface area contributed by atoms with E-state index in [0.717, 1.165) is 0 Å². The number of hydrogen-bond acceptors (Lipinski definition) is 0. The van der Waals surface area contributed by atoms with Gasteiger partial charge in [0.25, 0.3) is 0 Å². The zero-order valence-corrected chi connectivity index (χ0v) is 9.22. The monoisotopic (exact) mass is 210 g/mol. The van der Waals surface area contributed by atoms with Gasteiger partial charge in [0.1, 0.15) is 0 Å². The summed E-state index contributed by atoms with van der Waals surface area (Å²) in [4.78, 5) is 0. The average molecular weight is 210 g/mol. The van der Waals surface area contributed by atoms with E-state index in [0.29, 0.717) is 0 Å². The summed E-state index contributed by atoms with van der Waals surface area (Å²) in [5.74, 6) is 0. The summed E-state index contributed by atoms with van der Waals surface area (Å²) >= 11 is 1.85. The maximum atomic E-state index is 2.21. The van der Waals surface area contributed by atoms with Gasteiger partial charge in [0.05, 0.1) is 0 Å². The molecule has 0 N–H and O–H groups in total. The predicted molar refractivity (Wildman–Crippen MR) is 52.7 cm³/mol. The first-order valence-electron chi connectivity index (χ1n) is 4.17. The molecule has 1 rings (SSSR count). The Morgan fingerprint density at radius 2 is 1.73 bits per heavy atom. The molecule has 0 aromatic heterocycles. The number of rotatable bonds is 4. The van der Waals surface area contributed by atoms with Crippen LogP contribution in [0.5, 0.6) is 0 Å². The molecule has 1 heteroatoms. The van der Waals surface area contributed by atoms with Gasteiger partial charge >= 0.3 is 77.2 Å². The number of hydrogen-bond donors (Lipinski definition) is 0. The van der Waals surface area contributed by atoms with Crippen LogP contribution in [-0.2, 0) is 6.42 Å². The van der Waals surface area contributed by atoms with Crippen LogP contribution in [0.15, 0.2) is 30.3 Å². The first kappa shape index (κ1) is 8.87. The second kappa shape index (κ2) is 5.43. The van der Waals surface area contributed by atoms with Gasteiger partial charge < -0.3 is 0 Å². The van der Waals surface area contributed by atoms with Crippen LogP contribution in [-0.4, -0.2) is 16.9 Å². The molecular formula is C10H15As. The zero-order valence-electron chi connectivity index (χ0n) is 6.79. The molecule has 1 aromatic rings. The Hall–Kier alpha value is -0.222. The van der Waals surface area contributed by atoms with Gasteiger partial charge in [0.15, 0.2) is 0 Å². The Bertz CT molecular complexity index is 181. The molecule has 0 fully saturated rings. The maximum absolute atomic E-state index is 2.21. The third kappa shape index (κ3) is 3.62. The van der Waals surface area contributed by atoms with Crippen molar-refractivity contribution in [1.82, 2.24) is 0 Å². The Labute approximate surface area is 77.5 Å². The molecule has 60 valence electrons. The molecule has 0 aliphatic rings. The van der Waals surface area contributed by atoms with Crippen molar-refractivity contribution in [1.29, 1.82) is 0 Å². The van der Waals surface area contributed by atoms with Gasteiger partial charge in [-0.25, -0.2) is 0 Å². The minimum absolute atomic E-state index is 1.25. The summed E-state index contributed by atoms with van der Waals surface area (Å²) in [5, 5.41) is 1.37. The number of unbranched alkanes of at least 4 members (excludes halogenated alkanes) is 1. The second-order valence-electron chi connectivity index (χ2n) is 2.73. The topological polar surface area (TPSA) is 0 Å². The van der Waals surface area contributed by atoms with Crippen LogP contribution < -0.4 is 0 Å². The van der Waals surface area contributed by atoms with Gasteiger partial charge in [0.2, 0.25) is 0 Å². The number of aryl methyl sites for hydroxylation is 1. The average Bonchev–Trinajstić information content (AvgIpc) is 2.07. The molecule has 0 spiro atoms. The van der Waals surface area contributed by atoms with E-state index in [1.807, 2.05) is 16.9 Å². The van der Waals surface area contributed by atoms with E-state index in [1.165, 1.54) is 30.0 Å². The summed E-state index contributed by atoms with van der Waals surface area (Å²) in [6, 6.07) is 10.7. The van der Waals surface area contributed by atoms with Crippen LogP contribution >= 0.6 is 0 Å². The quantitative estimate of drug-likeness (QED) is 0.527. The summed E-state index contributed by atoms with van der Waals surface area (Å²) in [7, 11) is 0. The fourth-order valence-corrected chi connectivity index (χ4v) is 1.72. The third-order valence-electron chi connectivity index (χ3n) is 1.76. The molecule has 0 amide bonds. The van der Waals surface area contributed by atoms with E-state index in [9.17, 15) is 0 Å². The van der Waals surface area contributed by atoms with E-state index >= 15 is 0 Å². The van der Waals surface area contributed by atoms with Gasteiger partial charge in [-0.2, -0.15) is 0 Å². The predicted octanol–water partition coefficient (Wildman–Crippen LogP) is 2.06. The molecule has 0 radical (unpaired) electrons. The van der Waals surface area contributed by atoms with Crippen LogP contribution in [0, 0.1) is 0 Å². The normalized spacial score (nSPS) is 9.91. The first-order valence-corrected chi connectivity index (χ1v) is 5.89. The molecule has 0 heterocycles. The number of benzene rings is 1. The van der Waals surface area contributed by atoms with Crippen LogP contribution in [0.25, 0.3) is 0 Å². The summed E-state index contributed by atoms with van der Waals surface area (Å²) in [5.41, 5.74) is 1.48. The van der Waals surface area contributed by atoms with Crippen LogP contribution in [0.1, 0.15) is 18.4 Å². The van der Waals surface area contributed by atoms with E-state index in [1.54, 1.807) is 0 Å². The van der Waals surface area contributed by atoms with Gasteiger partial charge in [-0.15, -0.1) is 0 Å². The van der Waals surface area contributed by atoms with Crippen LogP contribution in [0.4, 0.5) is 0 Å². The van der Waals surface area contributed by atoms with Gasteiger partial charge in [-0.1, -0.05) is 0 Å². The van der Waals surface area contributed by atoms with Crippen molar-refractivity contribution < 1.29 is 0 Å². The van der Waals surface area contributed by atoms with E-state index in [2.05, 4.69) is 30.3 Å². The Morgan fingerprint density at radius 3 is 2.36 bits per heavy atom. The molecule has 1 aromatic carbocycles. The van der Waals surface area contributed by atoms with Crippen LogP contribution in [0.3, 0.4) is 0 Å². The fourth-order valence-electron chi connectivity index (χ4n) is 1.12. The van der Waals surface area contributed by atoms with E-state index in [-0.39, 0.29) is 0 Å². The molecule has 0 nitrogen and oxygen atoms in total. The summed E-state index contributed by atoms with van der Waals surface area (Å²) < 4.78 is 0. The molecule has 0 bridgehead atoms. The first-order chi connectivity index (χ1) is 5.43. The van der Waals surface area contributed by atoms with Crippen molar-refractivity contribution in [2.45, 2.75) is 24.5 Å². The molecule has 1 unspecified atom stereocenters. The fraction of sp³-hybridized carbons (Fsp3) is 0.400. The third-order valence-corrected chi connectivity index (χ3v) is 2.62. The molecule has 0 saturated heterocycles. The van der Waals surface area contributed by atoms with Crippen molar-refractivity contribution in [2.24, 2.45) is 0 Å². The molecule has 11 heavy (non-hydrogen) atoms. The van der Waals surface area contributed by atoms with Gasteiger partial charge in [-0.05, 0) is 0 Å². The Morgan fingerprint density at radius 1 is 1.00 bits per heavy atom. The van der Waals surface area contributed by atoms with Crippen LogP contribution in [0.2, 0.25) is 5.21 Å². The minimum atomic E-state index is 1.25. The zero-order chi connectivity index (χ0) is 7.94. The van der Waals surface area contributed by atoms with Crippen molar-refractivity contribution in [2.75, 3.05) is 0 Å².